The molecule has 1 aliphatic rings. The number of carbonyl (C=O) groups is 1. The second-order valence-corrected chi connectivity index (χ2v) is 6.98. The van der Waals surface area contributed by atoms with Crippen LogP contribution >= 0.6 is 15.9 Å². The van der Waals surface area contributed by atoms with Gasteiger partial charge in [-0.2, -0.15) is 0 Å². The van der Waals surface area contributed by atoms with Gasteiger partial charge in [-0.25, -0.2) is 0 Å². The first-order chi connectivity index (χ1) is 12.2. The van der Waals surface area contributed by atoms with Crippen LogP contribution in [0.15, 0.2) is 51.4 Å². The molecule has 0 saturated carbocycles. The topological polar surface area (TPSA) is 68.0 Å². The summed E-state index contributed by atoms with van der Waals surface area (Å²) in [5, 5.41) is 10.6. The van der Waals surface area contributed by atoms with Gasteiger partial charge in [-0.3, -0.25) is 10.1 Å². The van der Waals surface area contributed by atoms with E-state index in [1.54, 1.807) is 24.3 Å². The van der Waals surface area contributed by atoms with Crippen LogP contribution in [0.5, 0.6) is 0 Å². The highest BCUT2D eigenvalue weighted by molar-refractivity contribution is 9.10. The second kappa shape index (κ2) is 6.80. The fraction of sp³-hybridized carbons (Fsp3) is 0.211. The third kappa shape index (κ3) is 3.49. The molecule has 0 bridgehead atoms. The van der Waals surface area contributed by atoms with Gasteiger partial charge in [-0.1, -0.05) is 27.1 Å². The van der Waals surface area contributed by atoms with Crippen LogP contribution in [-0.2, 0) is 12.8 Å². The normalized spacial score (nSPS) is 13.3. The van der Waals surface area contributed by atoms with Crippen LogP contribution in [0, 0.1) is 0 Å². The highest BCUT2D eigenvalue weighted by Crippen LogP contribution is 2.27. The van der Waals surface area contributed by atoms with E-state index in [0.29, 0.717) is 11.5 Å². The van der Waals surface area contributed by atoms with Gasteiger partial charge in [0.05, 0.1) is 0 Å². The molecule has 1 aliphatic carbocycles. The molecule has 5 nitrogen and oxygen atoms in total. The Balaban J connectivity index is 1.52. The fourth-order valence-electron chi connectivity index (χ4n) is 3.03. The third-order valence-corrected chi connectivity index (χ3v) is 4.88. The van der Waals surface area contributed by atoms with Crippen molar-refractivity contribution in [3.8, 4) is 11.5 Å². The van der Waals surface area contributed by atoms with Crippen molar-refractivity contribution in [1.29, 1.82) is 0 Å². The Morgan fingerprint density at radius 1 is 1.00 bits per heavy atom. The third-order valence-electron chi connectivity index (χ3n) is 4.35. The number of fused-ring (bicyclic) bond motifs is 1. The summed E-state index contributed by atoms with van der Waals surface area (Å²) in [6.07, 6.45) is 4.69. The van der Waals surface area contributed by atoms with Crippen LogP contribution in [0.3, 0.4) is 0 Å². The minimum absolute atomic E-state index is 0.0978. The lowest BCUT2D eigenvalue weighted by atomic mass is 9.90. The first kappa shape index (κ1) is 16.0. The van der Waals surface area contributed by atoms with Gasteiger partial charge >= 0.3 is 6.01 Å². The first-order valence-corrected chi connectivity index (χ1v) is 9.01. The van der Waals surface area contributed by atoms with Crippen molar-refractivity contribution < 1.29 is 9.21 Å². The lowest BCUT2D eigenvalue weighted by molar-refractivity contribution is 0.102. The van der Waals surface area contributed by atoms with Gasteiger partial charge in [0.1, 0.15) is 0 Å². The molecule has 6 heteroatoms. The van der Waals surface area contributed by atoms with E-state index in [9.17, 15) is 4.79 Å². The van der Waals surface area contributed by atoms with E-state index in [4.69, 9.17) is 4.42 Å². The first-order valence-electron chi connectivity index (χ1n) is 8.22. The Kier molecular flexibility index (Phi) is 4.36. The van der Waals surface area contributed by atoms with E-state index < -0.39 is 0 Å². The van der Waals surface area contributed by atoms with Crippen LogP contribution in [0.2, 0.25) is 0 Å². The summed E-state index contributed by atoms with van der Waals surface area (Å²) in [6, 6.07) is 13.4. The summed E-state index contributed by atoms with van der Waals surface area (Å²) in [7, 11) is 0. The number of rotatable bonds is 3. The number of nitrogens with one attached hydrogen (secondary N) is 1. The average molecular weight is 398 g/mol. The molecule has 0 fully saturated rings. The Morgan fingerprint density at radius 3 is 2.56 bits per heavy atom. The summed E-state index contributed by atoms with van der Waals surface area (Å²) >= 11 is 3.34. The summed E-state index contributed by atoms with van der Waals surface area (Å²) in [6.45, 7) is 0. The quantitative estimate of drug-likeness (QED) is 0.699. The molecule has 1 aromatic heterocycles. The van der Waals surface area contributed by atoms with Gasteiger partial charge in [0.2, 0.25) is 5.89 Å². The lowest BCUT2D eigenvalue weighted by Gasteiger charge is -2.15. The molecular weight excluding hydrogens is 382 g/mol. The lowest BCUT2D eigenvalue weighted by Crippen LogP contribution is -2.11. The van der Waals surface area contributed by atoms with Crippen molar-refractivity contribution in [3.63, 3.8) is 0 Å². The van der Waals surface area contributed by atoms with Crippen molar-refractivity contribution in [1.82, 2.24) is 10.2 Å². The summed E-state index contributed by atoms with van der Waals surface area (Å²) in [5.41, 5.74) is 4.16. The van der Waals surface area contributed by atoms with Crippen LogP contribution in [0.4, 0.5) is 6.01 Å². The molecule has 1 heterocycles. The number of amides is 1. The van der Waals surface area contributed by atoms with Crippen molar-refractivity contribution in [2.24, 2.45) is 0 Å². The average Bonchev–Trinajstić information content (AvgIpc) is 3.10. The maximum atomic E-state index is 12.2. The van der Waals surface area contributed by atoms with Crippen LogP contribution in [0.1, 0.15) is 34.3 Å². The zero-order valence-corrected chi connectivity index (χ0v) is 15.0. The smallest absolute Gasteiger partial charge is 0.322 e. The number of aryl methyl sites for hydroxylation is 2. The highest BCUT2D eigenvalue weighted by atomic mass is 79.9. The van der Waals surface area contributed by atoms with E-state index in [-0.39, 0.29) is 11.9 Å². The van der Waals surface area contributed by atoms with Gasteiger partial charge in [0.25, 0.3) is 5.91 Å². The van der Waals surface area contributed by atoms with Crippen molar-refractivity contribution in [3.05, 3.63) is 63.6 Å². The number of carbonyl (C=O) groups excluding carboxylic acids is 1. The molecule has 1 N–H and O–H groups in total. The molecule has 126 valence electrons. The molecule has 0 spiro atoms. The van der Waals surface area contributed by atoms with Gasteiger partial charge in [-0.15, -0.1) is 5.10 Å². The van der Waals surface area contributed by atoms with Crippen molar-refractivity contribution in [2.45, 2.75) is 25.7 Å². The van der Waals surface area contributed by atoms with E-state index in [0.717, 1.165) is 22.9 Å². The molecule has 0 atom stereocenters. The van der Waals surface area contributed by atoms with Crippen LogP contribution < -0.4 is 5.32 Å². The molecular formula is C19H16BrN3O2. The molecule has 3 aromatic rings. The standard InChI is InChI=1S/C19H16BrN3O2/c20-16-9-7-13(8-10-16)17(24)21-19-23-22-18(25-19)15-6-5-12-3-1-2-4-14(12)11-15/h5-11H,1-4H2,(H,21,23,24). The van der Waals surface area contributed by atoms with E-state index in [1.807, 2.05) is 6.07 Å². The summed E-state index contributed by atoms with van der Waals surface area (Å²) in [4.78, 5) is 12.2. The zero-order valence-electron chi connectivity index (χ0n) is 13.5. The molecule has 1 amide bonds. The number of anilines is 1. The van der Waals surface area contributed by atoms with E-state index >= 15 is 0 Å². The maximum absolute atomic E-state index is 12.2. The molecule has 0 radical (unpaired) electrons. The van der Waals surface area contributed by atoms with Gasteiger partial charge in [0, 0.05) is 15.6 Å². The molecule has 25 heavy (non-hydrogen) atoms. The van der Waals surface area contributed by atoms with Crippen LogP contribution in [0.25, 0.3) is 11.5 Å². The molecule has 0 saturated heterocycles. The maximum Gasteiger partial charge on any atom is 0.322 e. The van der Waals surface area contributed by atoms with E-state index in [2.05, 4.69) is 43.6 Å². The molecule has 2 aromatic carbocycles. The van der Waals surface area contributed by atoms with Crippen molar-refractivity contribution >= 4 is 27.9 Å². The predicted octanol–water partition coefficient (Wildman–Crippen LogP) is 4.63. The number of aromatic nitrogens is 2. The van der Waals surface area contributed by atoms with E-state index in [1.165, 1.54) is 24.0 Å². The molecule has 0 aliphatic heterocycles. The Morgan fingerprint density at radius 2 is 1.76 bits per heavy atom. The minimum Gasteiger partial charge on any atom is -0.403 e. The Hall–Kier alpha value is -2.47. The SMILES string of the molecule is O=C(Nc1nnc(-c2ccc3c(c2)CCCC3)o1)c1ccc(Br)cc1. The largest absolute Gasteiger partial charge is 0.403 e. The predicted molar refractivity (Wildman–Crippen MR) is 98.5 cm³/mol. The zero-order chi connectivity index (χ0) is 17.2. The molecule has 4 rings (SSSR count). The fourth-order valence-corrected chi connectivity index (χ4v) is 3.29. The molecule has 0 unspecified atom stereocenters. The number of nitrogens with zero attached hydrogens (tertiary/aromatic N) is 2. The Labute approximate surface area is 153 Å². The van der Waals surface area contributed by atoms with Gasteiger partial charge in [-0.05, 0) is 73.2 Å². The summed E-state index contributed by atoms with van der Waals surface area (Å²) in [5.74, 6) is 0.132. The van der Waals surface area contributed by atoms with Gasteiger partial charge in [0.15, 0.2) is 0 Å². The number of hydrogen-bond acceptors (Lipinski definition) is 4. The number of hydrogen-bond donors (Lipinski definition) is 1. The minimum atomic E-state index is -0.284. The van der Waals surface area contributed by atoms with Gasteiger partial charge < -0.3 is 4.42 Å². The highest BCUT2D eigenvalue weighted by Gasteiger charge is 2.15. The summed E-state index contributed by atoms with van der Waals surface area (Å²) < 4.78 is 6.53. The van der Waals surface area contributed by atoms with Crippen LogP contribution in [-0.4, -0.2) is 16.1 Å². The number of halogens is 1. The number of benzene rings is 2. The monoisotopic (exact) mass is 397 g/mol. The Bertz CT molecular complexity index is 919. The van der Waals surface area contributed by atoms with Crippen molar-refractivity contribution in [2.75, 3.05) is 5.32 Å². The second-order valence-electron chi connectivity index (χ2n) is 6.06.